The molecular weight excluding hydrogens is 340 g/mol. The number of halogens is 1. The van der Waals surface area contributed by atoms with Crippen molar-refractivity contribution < 1.29 is 9.59 Å². The lowest BCUT2D eigenvalue weighted by molar-refractivity contribution is -0.132. The van der Waals surface area contributed by atoms with Crippen molar-refractivity contribution in [2.75, 3.05) is 46.3 Å². The van der Waals surface area contributed by atoms with Crippen molar-refractivity contribution >= 4 is 23.4 Å². The van der Waals surface area contributed by atoms with Gasteiger partial charge in [0.05, 0.1) is 0 Å². The molecule has 2 aliphatic heterocycles. The lowest BCUT2D eigenvalue weighted by Crippen LogP contribution is -2.54. The predicted octanol–water partition coefficient (Wildman–Crippen LogP) is 1.47. The van der Waals surface area contributed by atoms with Gasteiger partial charge in [0.15, 0.2) is 0 Å². The standard InChI is InChI=1S/C18H25ClN4O2/c1-21-10-12-23(13-11-21)20-17(24)14-6-8-22(9-7-14)18(25)15-2-4-16(19)5-3-15/h2-5,14H,6-13H2,1H3,(H,20,24). The highest BCUT2D eigenvalue weighted by atomic mass is 35.5. The Hall–Kier alpha value is -1.63. The van der Waals surface area contributed by atoms with Gasteiger partial charge in [0.1, 0.15) is 0 Å². The van der Waals surface area contributed by atoms with Gasteiger partial charge >= 0.3 is 0 Å². The summed E-state index contributed by atoms with van der Waals surface area (Å²) in [6.45, 7) is 4.87. The second-order valence-corrected chi connectivity index (χ2v) is 7.28. The molecular formula is C18H25ClN4O2. The highest BCUT2D eigenvalue weighted by Gasteiger charge is 2.29. The molecule has 0 saturated carbocycles. The van der Waals surface area contributed by atoms with E-state index in [1.54, 1.807) is 24.3 Å². The van der Waals surface area contributed by atoms with Crippen molar-refractivity contribution in [3.8, 4) is 0 Å². The van der Waals surface area contributed by atoms with E-state index in [9.17, 15) is 9.59 Å². The van der Waals surface area contributed by atoms with Gasteiger partial charge in [-0.1, -0.05) is 11.6 Å². The van der Waals surface area contributed by atoms with Crippen LogP contribution in [0.4, 0.5) is 0 Å². The van der Waals surface area contributed by atoms with Crippen molar-refractivity contribution in [3.05, 3.63) is 34.9 Å². The average Bonchev–Trinajstić information content (AvgIpc) is 2.64. The number of amides is 2. The first-order valence-electron chi connectivity index (χ1n) is 8.82. The molecule has 0 spiro atoms. The number of hydrazine groups is 1. The highest BCUT2D eigenvalue weighted by molar-refractivity contribution is 6.30. The van der Waals surface area contributed by atoms with E-state index >= 15 is 0 Å². The number of nitrogens with zero attached hydrogens (tertiary/aromatic N) is 3. The summed E-state index contributed by atoms with van der Waals surface area (Å²) in [5.74, 6) is 0.0756. The number of likely N-dealkylation sites (tertiary alicyclic amines) is 1. The third-order valence-electron chi connectivity index (χ3n) is 5.02. The number of benzene rings is 1. The molecule has 0 aliphatic carbocycles. The summed E-state index contributed by atoms with van der Waals surface area (Å²) >= 11 is 5.87. The Labute approximate surface area is 153 Å². The Morgan fingerprint density at radius 3 is 2.20 bits per heavy atom. The molecule has 0 unspecified atom stereocenters. The van der Waals surface area contributed by atoms with E-state index in [0.717, 1.165) is 26.2 Å². The van der Waals surface area contributed by atoms with Gasteiger partial charge < -0.3 is 9.80 Å². The molecule has 6 nitrogen and oxygen atoms in total. The number of rotatable bonds is 3. The number of carbonyl (C=O) groups is 2. The molecule has 2 saturated heterocycles. The third-order valence-corrected chi connectivity index (χ3v) is 5.27. The summed E-state index contributed by atoms with van der Waals surface area (Å²) in [4.78, 5) is 29.0. The lowest BCUT2D eigenvalue weighted by atomic mass is 9.95. The minimum atomic E-state index is -0.0195. The molecule has 1 aromatic rings. The number of nitrogens with one attached hydrogen (secondary N) is 1. The third kappa shape index (κ3) is 4.71. The van der Waals surface area contributed by atoms with Crippen molar-refractivity contribution in [2.45, 2.75) is 12.8 Å². The molecule has 2 heterocycles. The molecule has 25 heavy (non-hydrogen) atoms. The fraction of sp³-hybridized carbons (Fsp3) is 0.556. The number of piperazine rings is 1. The van der Waals surface area contributed by atoms with Gasteiger partial charge in [-0.05, 0) is 44.2 Å². The van der Waals surface area contributed by atoms with E-state index in [1.807, 2.05) is 9.91 Å². The summed E-state index contributed by atoms with van der Waals surface area (Å²) in [5, 5.41) is 2.63. The fourth-order valence-corrected chi connectivity index (χ4v) is 3.41. The van der Waals surface area contributed by atoms with Gasteiger partial charge in [0.2, 0.25) is 5.91 Å². The predicted molar refractivity (Wildman–Crippen MR) is 97.3 cm³/mol. The van der Waals surface area contributed by atoms with E-state index in [4.69, 9.17) is 11.6 Å². The molecule has 0 radical (unpaired) electrons. The summed E-state index contributed by atoms with van der Waals surface area (Å²) in [6.07, 6.45) is 1.41. The van der Waals surface area contributed by atoms with Crippen LogP contribution in [0.1, 0.15) is 23.2 Å². The molecule has 1 N–H and O–H groups in total. The first-order chi connectivity index (χ1) is 12.0. The second kappa shape index (κ2) is 8.17. The van der Waals surface area contributed by atoms with Crippen LogP contribution < -0.4 is 5.43 Å². The van der Waals surface area contributed by atoms with Crippen molar-refractivity contribution in [1.29, 1.82) is 0 Å². The van der Waals surface area contributed by atoms with Crippen LogP contribution in [0.15, 0.2) is 24.3 Å². The Balaban J connectivity index is 1.47. The van der Waals surface area contributed by atoms with Crippen LogP contribution in [0, 0.1) is 5.92 Å². The van der Waals surface area contributed by atoms with Gasteiger partial charge in [-0.15, -0.1) is 0 Å². The zero-order valence-electron chi connectivity index (χ0n) is 14.6. The second-order valence-electron chi connectivity index (χ2n) is 6.84. The van der Waals surface area contributed by atoms with Crippen LogP contribution in [0.5, 0.6) is 0 Å². The molecule has 3 rings (SSSR count). The Morgan fingerprint density at radius 2 is 1.60 bits per heavy atom. The Morgan fingerprint density at radius 1 is 1.00 bits per heavy atom. The molecule has 0 atom stereocenters. The highest BCUT2D eigenvalue weighted by Crippen LogP contribution is 2.20. The fourth-order valence-electron chi connectivity index (χ4n) is 3.29. The van der Waals surface area contributed by atoms with Crippen LogP contribution in [0.3, 0.4) is 0 Å². The molecule has 2 aliphatic rings. The topological polar surface area (TPSA) is 55.9 Å². The first kappa shape index (κ1) is 18.2. The summed E-state index contributed by atoms with van der Waals surface area (Å²) in [7, 11) is 2.09. The van der Waals surface area contributed by atoms with Crippen molar-refractivity contribution in [2.24, 2.45) is 5.92 Å². The van der Waals surface area contributed by atoms with Crippen LogP contribution in [-0.2, 0) is 4.79 Å². The van der Waals surface area contributed by atoms with Gasteiger partial charge in [-0.3, -0.25) is 15.0 Å². The minimum absolute atomic E-state index is 0.00888. The van der Waals surface area contributed by atoms with E-state index < -0.39 is 0 Å². The summed E-state index contributed by atoms with van der Waals surface area (Å²) in [5.41, 5.74) is 3.68. The maximum absolute atomic E-state index is 12.5. The molecule has 2 fully saturated rings. The van der Waals surface area contributed by atoms with E-state index in [-0.39, 0.29) is 17.7 Å². The molecule has 0 aromatic heterocycles. The van der Waals surface area contributed by atoms with Gasteiger partial charge in [0.25, 0.3) is 5.91 Å². The smallest absolute Gasteiger partial charge is 0.253 e. The Bertz CT molecular complexity index is 606. The molecule has 1 aromatic carbocycles. The average molecular weight is 365 g/mol. The van der Waals surface area contributed by atoms with E-state index in [1.165, 1.54) is 0 Å². The largest absolute Gasteiger partial charge is 0.339 e. The van der Waals surface area contributed by atoms with Crippen LogP contribution in [0.25, 0.3) is 0 Å². The van der Waals surface area contributed by atoms with Gasteiger partial charge in [-0.25, -0.2) is 5.01 Å². The van der Waals surface area contributed by atoms with Crippen LogP contribution >= 0.6 is 11.6 Å². The number of piperidine rings is 1. The zero-order chi connectivity index (χ0) is 17.8. The molecule has 7 heteroatoms. The van der Waals surface area contributed by atoms with Crippen molar-refractivity contribution in [3.63, 3.8) is 0 Å². The number of hydrogen-bond donors (Lipinski definition) is 1. The zero-order valence-corrected chi connectivity index (χ0v) is 15.3. The van der Waals surface area contributed by atoms with E-state index in [0.29, 0.717) is 36.5 Å². The molecule has 136 valence electrons. The van der Waals surface area contributed by atoms with Gasteiger partial charge in [-0.2, -0.15) is 0 Å². The Kier molecular flexibility index (Phi) is 5.93. The number of hydrogen-bond acceptors (Lipinski definition) is 4. The van der Waals surface area contributed by atoms with Crippen molar-refractivity contribution in [1.82, 2.24) is 20.2 Å². The molecule has 0 bridgehead atoms. The SMILES string of the molecule is CN1CCN(NC(=O)C2CCN(C(=O)c3ccc(Cl)cc3)CC2)CC1. The van der Waals surface area contributed by atoms with Crippen LogP contribution in [-0.4, -0.2) is 72.9 Å². The number of likely N-dealkylation sites (N-methyl/N-ethyl adjacent to an activating group) is 1. The first-order valence-corrected chi connectivity index (χ1v) is 9.19. The lowest BCUT2D eigenvalue weighted by Gasteiger charge is -2.35. The summed E-state index contributed by atoms with van der Waals surface area (Å²) in [6, 6.07) is 6.95. The maximum atomic E-state index is 12.5. The monoisotopic (exact) mass is 364 g/mol. The van der Waals surface area contributed by atoms with Crippen LogP contribution in [0.2, 0.25) is 5.02 Å². The normalized spacial score (nSPS) is 20.5. The number of carbonyl (C=O) groups excluding carboxylic acids is 2. The van der Waals surface area contributed by atoms with Gasteiger partial charge in [0, 0.05) is 55.8 Å². The minimum Gasteiger partial charge on any atom is -0.339 e. The van der Waals surface area contributed by atoms with E-state index in [2.05, 4.69) is 17.4 Å². The summed E-state index contributed by atoms with van der Waals surface area (Å²) < 4.78 is 0. The molecule has 2 amide bonds. The quantitative estimate of drug-likeness (QED) is 0.882. The maximum Gasteiger partial charge on any atom is 0.253 e.